The van der Waals surface area contributed by atoms with Crippen molar-refractivity contribution in [2.24, 2.45) is 0 Å². The highest BCUT2D eigenvalue weighted by atomic mass is 35.5. The zero-order valence-corrected chi connectivity index (χ0v) is 18.1. The van der Waals surface area contributed by atoms with Gasteiger partial charge in [-0.1, -0.05) is 11.6 Å². The van der Waals surface area contributed by atoms with Gasteiger partial charge in [0, 0.05) is 36.4 Å². The number of carbonyl (C=O) groups excluding carboxylic acids is 2. The van der Waals surface area contributed by atoms with Crippen molar-refractivity contribution in [1.82, 2.24) is 4.90 Å². The number of benzene rings is 2. The molecule has 0 aliphatic carbocycles. The van der Waals surface area contributed by atoms with Crippen LogP contribution < -0.4 is 15.0 Å². The average Bonchev–Trinajstić information content (AvgIpc) is 2.75. The lowest BCUT2D eigenvalue weighted by Gasteiger charge is -2.40. The standard InChI is InChI=1S/C22H26ClN3O4/c1-15-13-26(18-7-4-16(5-8-18)22(28)30-3)11-10-25(15)14-21(27)24-19-12-17(23)6-9-20(19)29-2/h4-9,12,15H,10-11,13-14H2,1-3H3,(H,24,27). The van der Waals surface area contributed by atoms with Gasteiger partial charge in [-0.25, -0.2) is 4.79 Å². The molecule has 3 rings (SSSR count). The highest BCUT2D eigenvalue weighted by molar-refractivity contribution is 6.31. The van der Waals surface area contributed by atoms with E-state index >= 15 is 0 Å². The molecule has 0 spiro atoms. The summed E-state index contributed by atoms with van der Waals surface area (Å²) in [7, 11) is 2.92. The first kappa shape index (κ1) is 21.9. The Kier molecular flexibility index (Phi) is 7.18. The molecular weight excluding hydrogens is 406 g/mol. The van der Waals surface area contributed by atoms with Crippen molar-refractivity contribution in [1.29, 1.82) is 0 Å². The summed E-state index contributed by atoms with van der Waals surface area (Å²) in [5.74, 6) is 0.112. The van der Waals surface area contributed by atoms with E-state index in [0.29, 0.717) is 22.0 Å². The summed E-state index contributed by atoms with van der Waals surface area (Å²) >= 11 is 6.03. The third-order valence-corrected chi connectivity index (χ3v) is 5.44. The molecule has 1 heterocycles. The van der Waals surface area contributed by atoms with Crippen LogP contribution in [0.2, 0.25) is 5.02 Å². The zero-order valence-electron chi connectivity index (χ0n) is 17.4. The minimum atomic E-state index is -0.345. The van der Waals surface area contributed by atoms with E-state index in [4.69, 9.17) is 21.1 Å². The molecule has 0 radical (unpaired) electrons. The molecule has 1 amide bonds. The number of hydrogen-bond donors (Lipinski definition) is 1. The second-order valence-corrected chi connectivity index (χ2v) is 7.63. The minimum absolute atomic E-state index is 0.113. The van der Waals surface area contributed by atoms with Gasteiger partial charge >= 0.3 is 5.97 Å². The molecule has 30 heavy (non-hydrogen) atoms. The molecule has 2 aromatic carbocycles. The largest absolute Gasteiger partial charge is 0.495 e. The molecule has 1 saturated heterocycles. The maximum absolute atomic E-state index is 12.6. The van der Waals surface area contributed by atoms with Gasteiger partial charge < -0.3 is 19.7 Å². The van der Waals surface area contributed by atoms with Gasteiger partial charge in [0.05, 0.1) is 32.0 Å². The van der Waals surface area contributed by atoms with Crippen LogP contribution in [0.15, 0.2) is 42.5 Å². The maximum Gasteiger partial charge on any atom is 0.337 e. The van der Waals surface area contributed by atoms with Crippen molar-refractivity contribution >= 4 is 34.9 Å². The first-order valence-corrected chi connectivity index (χ1v) is 10.1. The van der Waals surface area contributed by atoms with E-state index in [1.165, 1.54) is 7.11 Å². The Morgan fingerprint density at radius 2 is 1.87 bits per heavy atom. The van der Waals surface area contributed by atoms with Gasteiger partial charge in [-0.15, -0.1) is 0 Å². The number of esters is 1. The van der Waals surface area contributed by atoms with Crippen molar-refractivity contribution in [3.8, 4) is 5.75 Å². The number of rotatable bonds is 6. The van der Waals surface area contributed by atoms with Crippen LogP contribution in [0.3, 0.4) is 0 Å². The molecule has 2 aromatic rings. The van der Waals surface area contributed by atoms with Crippen LogP contribution in [0.1, 0.15) is 17.3 Å². The van der Waals surface area contributed by atoms with Crippen LogP contribution in [-0.2, 0) is 9.53 Å². The number of methoxy groups -OCH3 is 2. The van der Waals surface area contributed by atoms with E-state index < -0.39 is 0 Å². The van der Waals surface area contributed by atoms with Crippen molar-refractivity contribution in [2.75, 3.05) is 50.6 Å². The van der Waals surface area contributed by atoms with Crippen molar-refractivity contribution in [3.05, 3.63) is 53.1 Å². The molecule has 0 aromatic heterocycles. The van der Waals surface area contributed by atoms with Crippen LogP contribution in [0.4, 0.5) is 11.4 Å². The Labute approximate surface area is 181 Å². The second-order valence-electron chi connectivity index (χ2n) is 7.20. The first-order chi connectivity index (χ1) is 14.4. The highest BCUT2D eigenvalue weighted by Crippen LogP contribution is 2.28. The van der Waals surface area contributed by atoms with Crippen molar-refractivity contribution in [2.45, 2.75) is 13.0 Å². The molecule has 0 bridgehead atoms. The fraction of sp³-hybridized carbons (Fsp3) is 0.364. The van der Waals surface area contributed by atoms with Gasteiger partial charge in [0.15, 0.2) is 0 Å². The van der Waals surface area contributed by atoms with Gasteiger partial charge in [-0.05, 0) is 49.4 Å². The highest BCUT2D eigenvalue weighted by Gasteiger charge is 2.26. The third kappa shape index (κ3) is 5.23. The Morgan fingerprint density at radius 1 is 1.13 bits per heavy atom. The lowest BCUT2D eigenvalue weighted by molar-refractivity contribution is -0.117. The van der Waals surface area contributed by atoms with E-state index in [9.17, 15) is 9.59 Å². The predicted molar refractivity (Wildman–Crippen MR) is 118 cm³/mol. The molecular formula is C22H26ClN3O4. The van der Waals surface area contributed by atoms with E-state index in [-0.39, 0.29) is 24.5 Å². The average molecular weight is 432 g/mol. The number of halogens is 1. The number of nitrogens with zero attached hydrogens (tertiary/aromatic N) is 2. The van der Waals surface area contributed by atoms with E-state index in [2.05, 4.69) is 22.0 Å². The summed E-state index contributed by atoms with van der Waals surface area (Å²) in [6, 6.07) is 12.7. The normalized spacial score (nSPS) is 16.8. The van der Waals surface area contributed by atoms with Gasteiger partial charge in [0.25, 0.3) is 0 Å². The zero-order chi connectivity index (χ0) is 21.7. The quantitative estimate of drug-likeness (QED) is 0.708. The topological polar surface area (TPSA) is 71.1 Å². The van der Waals surface area contributed by atoms with Crippen LogP contribution >= 0.6 is 11.6 Å². The fourth-order valence-corrected chi connectivity index (χ4v) is 3.72. The number of amides is 1. The summed E-state index contributed by atoms with van der Waals surface area (Å²) in [4.78, 5) is 28.6. The molecule has 8 heteroatoms. The molecule has 1 unspecified atom stereocenters. The molecule has 1 aliphatic heterocycles. The lowest BCUT2D eigenvalue weighted by Crippen LogP contribution is -2.53. The van der Waals surface area contributed by atoms with Gasteiger partial charge in [-0.3, -0.25) is 9.69 Å². The monoisotopic (exact) mass is 431 g/mol. The number of hydrogen-bond acceptors (Lipinski definition) is 6. The van der Waals surface area contributed by atoms with Crippen molar-refractivity contribution in [3.63, 3.8) is 0 Å². The van der Waals surface area contributed by atoms with E-state index in [1.807, 2.05) is 12.1 Å². The van der Waals surface area contributed by atoms with E-state index in [1.54, 1.807) is 37.4 Å². The summed E-state index contributed by atoms with van der Waals surface area (Å²) in [6.07, 6.45) is 0. The number of anilines is 2. The fourth-order valence-electron chi connectivity index (χ4n) is 3.54. The minimum Gasteiger partial charge on any atom is -0.495 e. The summed E-state index contributed by atoms with van der Waals surface area (Å²) in [5.41, 5.74) is 2.13. The van der Waals surface area contributed by atoms with Crippen LogP contribution in [0.25, 0.3) is 0 Å². The third-order valence-electron chi connectivity index (χ3n) is 5.20. The van der Waals surface area contributed by atoms with Crippen LogP contribution in [0.5, 0.6) is 5.75 Å². The SMILES string of the molecule is COC(=O)c1ccc(N2CCN(CC(=O)Nc3cc(Cl)ccc3OC)C(C)C2)cc1. The van der Waals surface area contributed by atoms with Crippen LogP contribution in [0, 0.1) is 0 Å². The Morgan fingerprint density at radius 3 is 2.50 bits per heavy atom. The lowest BCUT2D eigenvalue weighted by atomic mass is 10.1. The van der Waals surface area contributed by atoms with Gasteiger partial charge in [0.1, 0.15) is 5.75 Å². The second kappa shape index (κ2) is 9.82. The summed E-state index contributed by atoms with van der Waals surface area (Å²) in [6.45, 7) is 4.70. The van der Waals surface area contributed by atoms with Gasteiger partial charge in [-0.2, -0.15) is 0 Å². The van der Waals surface area contributed by atoms with Crippen molar-refractivity contribution < 1.29 is 19.1 Å². The first-order valence-electron chi connectivity index (χ1n) is 9.72. The maximum atomic E-state index is 12.6. The smallest absolute Gasteiger partial charge is 0.337 e. The molecule has 1 N–H and O–H groups in total. The number of ether oxygens (including phenoxy) is 2. The van der Waals surface area contributed by atoms with Gasteiger partial charge in [0.2, 0.25) is 5.91 Å². The summed E-state index contributed by atoms with van der Waals surface area (Å²) in [5, 5.41) is 3.42. The Bertz CT molecular complexity index is 904. The number of piperazine rings is 1. The van der Waals surface area contributed by atoms with Crippen LogP contribution in [-0.4, -0.2) is 63.2 Å². The molecule has 7 nitrogen and oxygen atoms in total. The predicted octanol–water partition coefficient (Wildman–Crippen LogP) is 3.28. The van der Waals surface area contributed by atoms with E-state index in [0.717, 1.165) is 25.3 Å². The number of nitrogens with one attached hydrogen (secondary N) is 1. The summed E-state index contributed by atoms with van der Waals surface area (Å²) < 4.78 is 10.0. The molecule has 160 valence electrons. The Balaban J connectivity index is 1.57. The number of carbonyl (C=O) groups is 2. The Hall–Kier alpha value is -2.77. The molecule has 1 fully saturated rings. The molecule has 1 aliphatic rings. The molecule has 0 saturated carbocycles. The molecule has 1 atom stereocenters.